The molecule has 0 aliphatic carbocycles. The summed E-state index contributed by atoms with van der Waals surface area (Å²) in [5.41, 5.74) is 1.06. The Kier molecular flexibility index (Phi) is 6.07. The van der Waals surface area contributed by atoms with E-state index in [1.165, 1.54) is 11.5 Å². The van der Waals surface area contributed by atoms with E-state index in [2.05, 4.69) is 5.32 Å². The summed E-state index contributed by atoms with van der Waals surface area (Å²) in [6, 6.07) is 10.2. The molecule has 1 aromatic carbocycles. The van der Waals surface area contributed by atoms with Gasteiger partial charge in [-0.1, -0.05) is 30.3 Å². The second kappa shape index (κ2) is 7.82. The van der Waals surface area contributed by atoms with Crippen molar-refractivity contribution in [2.45, 2.75) is 18.5 Å². The van der Waals surface area contributed by atoms with Crippen LogP contribution in [0.5, 0.6) is 0 Å². The van der Waals surface area contributed by atoms with Gasteiger partial charge in [-0.25, -0.2) is 0 Å². The van der Waals surface area contributed by atoms with Gasteiger partial charge in [0.15, 0.2) is 0 Å². The lowest BCUT2D eigenvalue weighted by Crippen LogP contribution is -2.37. The topological polar surface area (TPSA) is 49.3 Å². The molecule has 1 aromatic rings. The molecule has 1 fully saturated rings. The molecule has 19 heavy (non-hydrogen) atoms. The van der Waals surface area contributed by atoms with Gasteiger partial charge in [0.25, 0.3) is 0 Å². The number of aliphatic carboxylic acids is 1. The first kappa shape index (κ1) is 14.8. The molecular weight excluding hydrogens is 278 g/mol. The minimum Gasteiger partial charge on any atom is -0.481 e. The van der Waals surface area contributed by atoms with Crippen LogP contribution in [0.2, 0.25) is 0 Å². The Morgan fingerprint density at radius 2 is 1.89 bits per heavy atom. The van der Waals surface area contributed by atoms with Crippen LogP contribution in [0.4, 0.5) is 0 Å². The zero-order valence-electron chi connectivity index (χ0n) is 10.7. The molecule has 0 spiro atoms. The fourth-order valence-electron chi connectivity index (χ4n) is 2.13. The van der Waals surface area contributed by atoms with Crippen LogP contribution in [-0.2, 0) is 4.79 Å². The van der Waals surface area contributed by atoms with Crippen LogP contribution in [0, 0.1) is 0 Å². The van der Waals surface area contributed by atoms with E-state index in [9.17, 15) is 4.79 Å². The molecule has 1 aliphatic rings. The highest BCUT2D eigenvalue weighted by Gasteiger charge is 2.20. The number of hydrogen-bond acceptors (Lipinski definition) is 4. The normalized spacial score (nSPS) is 18.7. The first-order valence-corrected chi connectivity index (χ1v) is 8.75. The van der Waals surface area contributed by atoms with Crippen LogP contribution in [0.3, 0.4) is 0 Å². The largest absolute Gasteiger partial charge is 0.481 e. The summed E-state index contributed by atoms with van der Waals surface area (Å²) < 4.78 is 0. The Morgan fingerprint density at radius 1 is 1.26 bits per heavy atom. The molecule has 104 valence electrons. The van der Waals surface area contributed by atoms with Gasteiger partial charge >= 0.3 is 5.97 Å². The second-order valence-electron chi connectivity index (χ2n) is 4.57. The van der Waals surface area contributed by atoms with Crippen LogP contribution >= 0.6 is 23.5 Å². The van der Waals surface area contributed by atoms with E-state index in [0.29, 0.717) is 6.04 Å². The standard InChI is InChI=1S/C14H19NO2S2/c16-14(17)8-13(11-4-2-1-3-5-11)15-12-9-18-6-7-19-10-12/h1-5,12-13,15H,6-10H2,(H,16,17)/t13-/m0/s1. The van der Waals surface area contributed by atoms with Gasteiger partial charge in [-0.3, -0.25) is 4.79 Å². The van der Waals surface area contributed by atoms with Crippen molar-refractivity contribution >= 4 is 29.5 Å². The number of carboxylic acid groups (broad SMARTS) is 1. The molecule has 1 heterocycles. The molecule has 1 saturated heterocycles. The Morgan fingerprint density at radius 3 is 2.47 bits per heavy atom. The molecule has 3 nitrogen and oxygen atoms in total. The van der Waals surface area contributed by atoms with E-state index in [1.54, 1.807) is 0 Å². The van der Waals surface area contributed by atoms with Gasteiger partial charge in [0.2, 0.25) is 0 Å². The van der Waals surface area contributed by atoms with Crippen molar-refractivity contribution in [3.8, 4) is 0 Å². The molecule has 0 radical (unpaired) electrons. The molecule has 2 N–H and O–H groups in total. The average molecular weight is 297 g/mol. The van der Waals surface area contributed by atoms with E-state index < -0.39 is 5.97 Å². The number of nitrogens with one attached hydrogen (secondary N) is 1. The maximum atomic E-state index is 11.0. The number of carbonyl (C=O) groups is 1. The summed E-state index contributed by atoms with van der Waals surface area (Å²) in [4.78, 5) is 11.0. The molecule has 1 atom stereocenters. The van der Waals surface area contributed by atoms with Crippen molar-refractivity contribution in [2.24, 2.45) is 0 Å². The van der Waals surface area contributed by atoms with Crippen molar-refractivity contribution in [1.82, 2.24) is 5.32 Å². The zero-order chi connectivity index (χ0) is 13.5. The molecule has 1 aliphatic heterocycles. The third-order valence-electron chi connectivity index (χ3n) is 3.03. The summed E-state index contributed by atoms with van der Waals surface area (Å²) in [5, 5.41) is 12.6. The molecule has 0 amide bonds. The summed E-state index contributed by atoms with van der Waals surface area (Å²) in [6.45, 7) is 0. The minimum atomic E-state index is -0.754. The molecule has 0 bridgehead atoms. The van der Waals surface area contributed by atoms with Crippen molar-refractivity contribution in [2.75, 3.05) is 23.0 Å². The van der Waals surface area contributed by atoms with Gasteiger partial charge in [-0.15, -0.1) is 0 Å². The smallest absolute Gasteiger partial charge is 0.305 e. The summed E-state index contributed by atoms with van der Waals surface area (Å²) in [6.07, 6.45) is 0.135. The van der Waals surface area contributed by atoms with Gasteiger partial charge < -0.3 is 10.4 Å². The van der Waals surface area contributed by atoms with Crippen molar-refractivity contribution in [1.29, 1.82) is 0 Å². The fourth-order valence-corrected chi connectivity index (χ4v) is 4.55. The lowest BCUT2D eigenvalue weighted by atomic mass is 10.0. The third-order valence-corrected chi connectivity index (χ3v) is 5.55. The van der Waals surface area contributed by atoms with E-state index in [4.69, 9.17) is 5.11 Å². The highest BCUT2D eigenvalue weighted by atomic mass is 32.2. The maximum absolute atomic E-state index is 11.0. The number of carboxylic acids is 1. The van der Waals surface area contributed by atoms with Crippen molar-refractivity contribution in [3.63, 3.8) is 0 Å². The Balaban J connectivity index is 2.02. The highest BCUT2D eigenvalue weighted by Crippen LogP contribution is 2.22. The van der Waals surface area contributed by atoms with Crippen LogP contribution in [0.15, 0.2) is 30.3 Å². The van der Waals surface area contributed by atoms with E-state index >= 15 is 0 Å². The van der Waals surface area contributed by atoms with Crippen LogP contribution in [-0.4, -0.2) is 40.1 Å². The minimum absolute atomic E-state index is 0.0944. The first-order chi connectivity index (χ1) is 9.25. The highest BCUT2D eigenvalue weighted by molar-refractivity contribution is 8.03. The van der Waals surface area contributed by atoms with E-state index in [0.717, 1.165) is 17.1 Å². The van der Waals surface area contributed by atoms with Gasteiger partial charge in [0.05, 0.1) is 6.42 Å². The Bertz CT molecular complexity index is 392. The summed E-state index contributed by atoms with van der Waals surface area (Å²) in [7, 11) is 0. The number of rotatable bonds is 5. The first-order valence-electron chi connectivity index (χ1n) is 6.44. The SMILES string of the molecule is O=C(O)C[C@H](NC1CSCCSC1)c1ccccc1. The van der Waals surface area contributed by atoms with Gasteiger partial charge in [-0.05, 0) is 5.56 Å². The van der Waals surface area contributed by atoms with Crippen LogP contribution in [0.25, 0.3) is 0 Å². The molecule has 0 unspecified atom stereocenters. The van der Waals surface area contributed by atoms with Crippen molar-refractivity contribution in [3.05, 3.63) is 35.9 Å². The average Bonchev–Trinajstić information content (AvgIpc) is 2.67. The fraction of sp³-hybridized carbons (Fsp3) is 0.500. The number of thioether (sulfide) groups is 2. The number of benzene rings is 1. The molecular formula is C14H19NO2S2. The predicted molar refractivity (Wildman–Crippen MR) is 83.0 cm³/mol. The Hall–Kier alpha value is -0.650. The van der Waals surface area contributed by atoms with Crippen LogP contribution < -0.4 is 5.32 Å². The Labute approximate surface area is 122 Å². The van der Waals surface area contributed by atoms with E-state index in [1.807, 2.05) is 53.9 Å². The summed E-state index contributed by atoms with van der Waals surface area (Å²) >= 11 is 3.90. The van der Waals surface area contributed by atoms with Gasteiger partial charge in [-0.2, -0.15) is 23.5 Å². The van der Waals surface area contributed by atoms with Crippen LogP contribution in [0.1, 0.15) is 18.0 Å². The van der Waals surface area contributed by atoms with Gasteiger partial charge in [0, 0.05) is 35.1 Å². The summed E-state index contributed by atoms with van der Waals surface area (Å²) in [5.74, 6) is 3.76. The molecule has 2 rings (SSSR count). The maximum Gasteiger partial charge on any atom is 0.305 e. The number of hydrogen-bond donors (Lipinski definition) is 2. The predicted octanol–water partition coefficient (Wildman–Crippen LogP) is 2.64. The zero-order valence-corrected chi connectivity index (χ0v) is 12.4. The van der Waals surface area contributed by atoms with Gasteiger partial charge in [0.1, 0.15) is 0 Å². The molecule has 0 saturated carbocycles. The van der Waals surface area contributed by atoms with Crippen molar-refractivity contribution < 1.29 is 9.90 Å². The van der Waals surface area contributed by atoms with E-state index in [-0.39, 0.29) is 12.5 Å². The quantitative estimate of drug-likeness (QED) is 0.875. The second-order valence-corrected chi connectivity index (χ2v) is 6.87. The monoisotopic (exact) mass is 297 g/mol. The molecule has 0 aromatic heterocycles. The lowest BCUT2D eigenvalue weighted by Gasteiger charge is -2.23. The third kappa shape index (κ3) is 5.09. The lowest BCUT2D eigenvalue weighted by molar-refractivity contribution is -0.137. The molecule has 5 heteroatoms.